The Morgan fingerprint density at radius 2 is 1.41 bits per heavy atom. The van der Waals surface area contributed by atoms with Gasteiger partial charge in [0.05, 0.1) is 12.2 Å². The molecule has 0 aromatic carbocycles. The fourth-order valence-electron chi connectivity index (χ4n) is 10.6. The Kier molecular flexibility index (Phi) is 4.87. The second-order valence-electron chi connectivity index (χ2n) is 15.3. The zero-order valence-electron chi connectivity index (χ0n) is 22.2. The minimum Gasteiger partial charge on any atom is -0.393 e. The molecule has 5 aliphatic carbocycles. The summed E-state index contributed by atoms with van der Waals surface area (Å²) in [6.07, 6.45) is 12.6. The van der Waals surface area contributed by atoms with Gasteiger partial charge in [0, 0.05) is 5.41 Å². The monoisotopic (exact) mass is 442 g/mol. The molecule has 0 heterocycles. The summed E-state index contributed by atoms with van der Waals surface area (Å²) in [5, 5.41) is 22.6. The van der Waals surface area contributed by atoms with E-state index in [1.54, 1.807) is 5.57 Å². The van der Waals surface area contributed by atoms with Crippen molar-refractivity contribution in [3.05, 3.63) is 11.6 Å². The Morgan fingerprint density at radius 1 is 0.719 bits per heavy atom. The van der Waals surface area contributed by atoms with Crippen LogP contribution in [0.4, 0.5) is 0 Å². The van der Waals surface area contributed by atoms with Crippen LogP contribution in [0.3, 0.4) is 0 Å². The van der Waals surface area contributed by atoms with Gasteiger partial charge in [0.15, 0.2) is 0 Å². The molecule has 0 aliphatic heterocycles. The fraction of sp³-hybridized carbons (Fsp3) is 0.933. The molecular formula is C30H50O2. The third-order valence-electron chi connectivity index (χ3n) is 13.1. The van der Waals surface area contributed by atoms with E-state index in [1.165, 1.54) is 32.1 Å². The van der Waals surface area contributed by atoms with E-state index in [9.17, 15) is 10.2 Å². The molecule has 182 valence electrons. The number of fused-ring (bicyclic) bond motifs is 7. The average Bonchev–Trinajstić information content (AvgIpc) is 2.68. The molecule has 0 saturated heterocycles. The molecule has 32 heavy (non-hydrogen) atoms. The van der Waals surface area contributed by atoms with Crippen LogP contribution < -0.4 is 0 Å². The Balaban J connectivity index is 1.60. The third-order valence-corrected chi connectivity index (χ3v) is 13.1. The van der Waals surface area contributed by atoms with Crippen LogP contribution in [0.15, 0.2) is 11.6 Å². The van der Waals surface area contributed by atoms with Gasteiger partial charge in [0.1, 0.15) is 0 Å². The van der Waals surface area contributed by atoms with E-state index in [1.807, 2.05) is 0 Å². The molecule has 0 aromatic rings. The lowest BCUT2D eigenvalue weighted by atomic mass is 9.33. The lowest BCUT2D eigenvalue weighted by molar-refractivity contribution is -0.213. The summed E-state index contributed by atoms with van der Waals surface area (Å²) in [6, 6.07) is 0. The molecule has 0 radical (unpaired) electrons. The second kappa shape index (κ2) is 6.66. The van der Waals surface area contributed by atoms with E-state index in [0.29, 0.717) is 23.2 Å². The highest BCUT2D eigenvalue weighted by molar-refractivity contribution is 5.34. The molecule has 4 fully saturated rings. The average molecular weight is 443 g/mol. The van der Waals surface area contributed by atoms with Crippen molar-refractivity contribution in [2.24, 2.45) is 50.2 Å². The first-order valence-electron chi connectivity index (χ1n) is 13.7. The van der Waals surface area contributed by atoms with Crippen molar-refractivity contribution in [2.75, 3.05) is 0 Å². The summed E-state index contributed by atoms with van der Waals surface area (Å²) in [6.45, 7) is 19.7. The van der Waals surface area contributed by atoms with Crippen molar-refractivity contribution < 1.29 is 10.2 Å². The van der Waals surface area contributed by atoms with E-state index in [-0.39, 0.29) is 39.3 Å². The maximum absolute atomic E-state index is 11.7. The highest BCUT2D eigenvalue weighted by Gasteiger charge is 2.69. The maximum atomic E-state index is 11.7. The van der Waals surface area contributed by atoms with E-state index >= 15 is 0 Å². The number of hydrogen-bond acceptors (Lipinski definition) is 2. The number of allylic oxidation sites excluding steroid dienone is 2. The molecule has 5 rings (SSSR count). The van der Waals surface area contributed by atoms with Crippen molar-refractivity contribution in [3.63, 3.8) is 0 Å². The Hall–Kier alpha value is -0.340. The van der Waals surface area contributed by atoms with Crippen LogP contribution >= 0.6 is 0 Å². The first-order valence-corrected chi connectivity index (χ1v) is 13.7. The molecule has 2 nitrogen and oxygen atoms in total. The van der Waals surface area contributed by atoms with E-state index in [2.05, 4.69) is 61.5 Å². The number of rotatable bonds is 0. The smallest absolute Gasteiger partial charge is 0.0608 e. The van der Waals surface area contributed by atoms with Crippen LogP contribution in [0, 0.1) is 50.2 Å². The maximum Gasteiger partial charge on any atom is 0.0608 e. The molecule has 2 heteroatoms. The Labute approximate surface area is 197 Å². The van der Waals surface area contributed by atoms with Gasteiger partial charge in [-0.25, -0.2) is 0 Å². The van der Waals surface area contributed by atoms with Gasteiger partial charge in [-0.05, 0) is 103 Å². The van der Waals surface area contributed by atoms with Crippen LogP contribution in [0.2, 0.25) is 0 Å². The summed E-state index contributed by atoms with van der Waals surface area (Å²) in [5.41, 5.74) is 2.71. The zero-order valence-corrected chi connectivity index (χ0v) is 22.2. The normalized spacial score (nSPS) is 56.2. The molecule has 0 bridgehead atoms. The van der Waals surface area contributed by atoms with Gasteiger partial charge in [-0.15, -0.1) is 0 Å². The number of aliphatic hydroxyl groups is 2. The first kappa shape index (κ1) is 23.4. The molecule has 0 spiro atoms. The lowest BCUT2D eigenvalue weighted by Gasteiger charge is -2.72. The molecule has 0 amide bonds. The van der Waals surface area contributed by atoms with Crippen molar-refractivity contribution in [1.29, 1.82) is 0 Å². The summed E-state index contributed by atoms with van der Waals surface area (Å²) in [4.78, 5) is 0. The molecule has 4 saturated carbocycles. The van der Waals surface area contributed by atoms with Gasteiger partial charge in [-0.3, -0.25) is 0 Å². The Bertz CT molecular complexity index is 825. The largest absolute Gasteiger partial charge is 0.393 e. The van der Waals surface area contributed by atoms with Crippen molar-refractivity contribution >= 4 is 0 Å². The van der Waals surface area contributed by atoms with E-state index < -0.39 is 0 Å². The minimum absolute atomic E-state index is 0.00271. The highest BCUT2D eigenvalue weighted by atomic mass is 16.3. The minimum atomic E-state index is -0.198. The van der Waals surface area contributed by atoms with Crippen LogP contribution in [-0.4, -0.2) is 22.4 Å². The van der Waals surface area contributed by atoms with E-state index in [4.69, 9.17) is 0 Å². The van der Waals surface area contributed by atoms with Gasteiger partial charge in [0.25, 0.3) is 0 Å². The predicted molar refractivity (Wildman–Crippen MR) is 132 cm³/mol. The predicted octanol–water partition coefficient (Wildman–Crippen LogP) is 7.14. The summed E-state index contributed by atoms with van der Waals surface area (Å²) < 4.78 is 0. The van der Waals surface area contributed by atoms with Crippen molar-refractivity contribution in [3.8, 4) is 0 Å². The Morgan fingerprint density at radius 3 is 2.09 bits per heavy atom. The second-order valence-corrected chi connectivity index (χ2v) is 15.3. The van der Waals surface area contributed by atoms with Crippen molar-refractivity contribution in [2.45, 2.75) is 125 Å². The number of hydrogen-bond donors (Lipinski definition) is 2. The molecule has 0 unspecified atom stereocenters. The molecule has 9 atom stereocenters. The number of aliphatic hydroxyl groups excluding tert-OH is 2. The van der Waals surface area contributed by atoms with Gasteiger partial charge < -0.3 is 10.2 Å². The molecule has 2 N–H and O–H groups in total. The lowest BCUT2D eigenvalue weighted by Crippen LogP contribution is -2.66. The standard InChI is InChI=1S/C30H50O2/c1-25(2)15-16-27(5)20(17-25)19-9-10-22-28(6)13-12-23(31)26(3,4)21(28)11-14-29(22,7)30(19,8)18-24(27)32/h9,20-24,31-32H,10-18H2,1-8H3/t20-,21-,22+,23-,24+,27+,28-,29-,30-/m0/s1. The van der Waals surface area contributed by atoms with Crippen LogP contribution in [0.25, 0.3) is 0 Å². The third kappa shape index (κ3) is 2.72. The topological polar surface area (TPSA) is 40.5 Å². The summed E-state index contributed by atoms with van der Waals surface area (Å²) in [5.74, 6) is 1.75. The van der Waals surface area contributed by atoms with Gasteiger partial charge in [-0.2, -0.15) is 0 Å². The molecule has 0 aromatic heterocycles. The van der Waals surface area contributed by atoms with Gasteiger partial charge in [-0.1, -0.05) is 67.0 Å². The van der Waals surface area contributed by atoms with Crippen molar-refractivity contribution in [1.82, 2.24) is 0 Å². The summed E-state index contributed by atoms with van der Waals surface area (Å²) in [7, 11) is 0. The quantitative estimate of drug-likeness (QED) is 0.391. The van der Waals surface area contributed by atoms with E-state index in [0.717, 1.165) is 25.7 Å². The van der Waals surface area contributed by atoms with Gasteiger partial charge >= 0.3 is 0 Å². The van der Waals surface area contributed by atoms with Crippen LogP contribution in [0.1, 0.15) is 113 Å². The summed E-state index contributed by atoms with van der Waals surface area (Å²) >= 11 is 0. The van der Waals surface area contributed by atoms with Crippen LogP contribution in [-0.2, 0) is 0 Å². The SMILES string of the molecule is CC1(C)CC[C@@]2(C)[C@H](O)C[C@@]3(C)C(=CC[C@@H]4[C@@]5(C)CC[C@H](O)C(C)(C)[C@@H]5CC[C@@]43C)[C@@H]2C1. The zero-order chi connectivity index (χ0) is 23.5. The first-order chi connectivity index (χ1) is 14.6. The molecular weight excluding hydrogens is 392 g/mol. The fourth-order valence-corrected chi connectivity index (χ4v) is 10.6. The van der Waals surface area contributed by atoms with Crippen LogP contribution in [0.5, 0.6) is 0 Å². The highest BCUT2D eigenvalue weighted by Crippen LogP contribution is 2.75. The molecule has 5 aliphatic rings. The van der Waals surface area contributed by atoms with Gasteiger partial charge in [0.2, 0.25) is 0 Å².